The van der Waals surface area contributed by atoms with Crippen molar-refractivity contribution < 1.29 is 0 Å². The summed E-state index contributed by atoms with van der Waals surface area (Å²) in [5.74, 6) is 0. The summed E-state index contributed by atoms with van der Waals surface area (Å²) in [6.45, 7) is 0. The Bertz CT molecular complexity index is 6850. The Morgan fingerprint density at radius 2 is 0.339 bits per heavy atom. The molecule has 5 heteroatoms. The summed E-state index contributed by atoms with van der Waals surface area (Å²) in [5, 5.41) is 22.6. The Morgan fingerprint density at radius 3 is 0.717 bits per heavy atom. The fourth-order valence-electron chi connectivity index (χ4n) is 15.6. The molecule has 21 aromatic rings. The molecule has 0 heterocycles. The van der Waals surface area contributed by atoms with Crippen LogP contribution in [0.25, 0.3) is 122 Å². The van der Waals surface area contributed by atoms with Crippen molar-refractivity contribution in [1.29, 1.82) is 0 Å². The van der Waals surface area contributed by atoms with Gasteiger partial charge in [-0.15, -0.1) is 0 Å². The molecule has 0 saturated heterocycles. The molecule has 21 rings (SSSR count). The van der Waals surface area contributed by atoms with Gasteiger partial charge in [0, 0.05) is 62.3 Å². The maximum Gasteiger partial charge on any atom is 0.0463 e. The van der Waals surface area contributed by atoms with Crippen LogP contribution in [0.3, 0.4) is 0 Å². The van der Waals surface area contributed by atoms with E-state index in [1.807, 2.05) is 78.9 Å². The highest BCUT2D eigenvalue weighted by molar-refractivity contribution is 5.98. The Balaban J connectivity index is 0.000000112. The largest absolute Gasteiger partial charge is 0.356 e. The number of fused-ring (bicyclic) bond motifs is 2. The van der Waals surface area contributed by atoms with Gasteiger partial charge in [0.1, 0.15) is 0 Å². The van der Waals surface area contributed by atoms with Crippen molar-refractivity contribution in [2.75, 3.05) is 26.6 Å². The van der Waals surface area contributed by atoms with Crippen LogP contribution < -0.4 is 26.6 Å². The van der Waals surface area contributed by atoms with E-state index in [0.29, 0.717) is 0 Å². The molecule has 0 fully saturated rings. The molecule has 0 radical (unpaired) electrons. The maximum absolute atomic E-state index is 3.60. The lowest BCUT2D eigenvalue weighted by atomic mass is 9.94. The lowest BCUT2D eigenvalue weighted by Crippen LogP contribution is -1.92. The van der Waals surface area contributed by atoms with E-state index in [2.05, 4.69) is 494 Å². The Hall–Kier alpha value is -16.9. The third-order valence-electron chi connectivity index (χ3n) is 22.0. The predicted molar refractivity (Wildman–Crippen MR) is 545 cm³/mol. The number of rotatable bonds is 19. The van der Waals surface area contributed by atoms with Gasteiger partial charge in [0.25, 0.3) is 0 Å². The van der Waals surface area contributed by atoms with Crippen molar-refractivity contribution in [2.45, 2.75) is 0 Å². The SMILES string of the molecule is c1ccc(-c2ccc(Nc3cc(-c4ccccc4)cc(-c4ccccc4)c3)cc2)cc1.c1ccc(-c2ccc(Nc3cccc4ccccc34)cc2)cc1.c1ccc(Nc2cc(-c3ccccc3)cc(-c3ccccc3)c2)cc1.c1ccc(Nc2ccc(-c3cccc4ccccc34)cc2)cc1.c1ccc(Nc2ccc(-c3ccccc3)c(-c3ccccc3)c2)cc1. The van der Waals surface area contributed by atoms with E-state index in [-0.39, 0.29) is 0 Å². The molecule has 0 atom stereocenters. The number of hydrogen-bond donors (Lipinski definition) is 5. The van der Waals surface area contributed by atoms with Gasteiger partial charge < -0.3 is 26.6 Å². The lowest BCUT2D eigenvalue weighted by molar-refractivity contribution is 1.52. The Labute approximate surface area is 746 Å². The number of hydrogen-bond acceptors (Lipinski definition) is 5. The second-order valence-corrected chi connectivity index (χ2v) is 30.8. The van der Waals surface area contributed by atoms with E-state index >= 15 is 0 Å². The fourth-order valence-corrected chi connectivity index (χ4v) is 15.6. The van der Waals surface area contributed by atoms with Crippen LogP contribution in [0.1, 0.15) is 0 Å². The van der Waals surface area contributed by atoms with Crippen LogP contribution in [0.2, 0.25) is 0 Å². The normalized spacial score (nSPS) is 10.5. The highest BCUT2D eigenvalue weighted by atomic mass is 14.9. The molecule has 0 saturated carbocycles. The third kappa shape index (κ3) is 22.5. The first kappa shape index (κ1) is 82.5. The van der Waals surface area contributed by atoms with Crippen molar-refractivity contribution in [1.82, 2.24) is 0 Å². The van der Waals surface area contributed by atoms with Gasteiger partial charge in [-0.2, -0.15) is 0 Å². The smallest absolute Gasteiger partial charge is 0.0463 e. The van der Waals surface area contributed by atoms with Gasteiger partial charge >= 0.3 is 0 Å². The Kier molecular flexibility index (Phi) is 27.3. The summed E-state index contributed by atoms with van der Waals surface area (Å²) in [5.41, 5.74) is 33.0. The highest BCUT2D eigenvalue weighted by Gasteiger charge is 2.13. The summed E-state index contributed by atoms with van der Waals surface area (Å²) in [4.78, 5) is 0. The van der Waals surface area contributed by atoms with Crippen molar-refractivity contribution in [3.05, 3.63) is 546 Å². The van der Waals surface area contributed by atoms with E-state index in [1.165, 1.54) is 122 Å². The number of nitrogens with one attached hydrogen (secondary N) is 5. The molecule has 0 unspecified atom stereocenters. The maximum atomic E-state index is 3.60. The molecule has 0 amide bonds. The minimum Gasteiger partial charge on any atom is -0.356 e. The quantitative estimate of drug-likeness (QED) is 0.0559. The van der Waals surface area contributed by atoms with Gasteiger partial charge in [-0.05, 0) is 244 Å². The molecule has 0 aliphatic heterocycles. The molecule has 5 nitrogen and oxygen atoms in total. The van der Waals surface area contributed by atoms with Gasteiger partial charge in [-0.1, -0.05) is 419 Å². The predicted octanol–water partition coefficient (Wildman–Crippen LogP) is 34.5. The molecule has 0 aliphatic carbocycles. The van der Waals surface area contributed by atoms with Gasteiger partial charge in [-0.25, -0.2) is 0 Å². The van der Waals surface area contributed by atoms with E-state index in [1.54, 1.807) is 0 Å². The average molecular weight is 1630 g/mol. The zero-order valence-corrected chi connectivity index (χ0v) is 70.5. The van der Waals surface area contributed by atoms with E-state index in [4.69, 9.17) is 0 Å². The number of benzene rings is 21. The first-order valence-electron chi connectivity index (χ1n) is 43.1. The molecule has 0 bridgehead atoms. The summed E-state index contributed by atoms with van der Waals surface area (Å²) in [6.07, 6.45) is 0. The van der Waals surface area contributed by atoms with Gasteiger partial charge in [0.15, 0.2) is 0 Å². The van der Waals surface area contributed by atoms with Gasteiger partial charge in [-0.3, -0.25) is 0 Å². The van der Waals surface area contributed by atoms with Crippen LogP contribution in [-0.4, -0.2) is 0 Å². The van der Waals surface area contributed by atoms with E-state index in [0.717, 1.165) is 56.9 Å². The van der Waals surface area contributed by atoms with Crippen molar-refractivity contribution in [3.8, 4) is 100 Å². The summed E-state index contributed by atoms with van der Waals surface area (Å²) < 4.78 is 0. The number of para-hydroxylation sites is 3. The summed E-state index contributed by atoms with van der Waals surface area (Å²) in [6, 6.07) is 190. The molecule has 5 N–H and O–H groups in total. The topological polar surface area (TPSA) is 60.1 Å². The molecule has 0 spiro atoms. The Morgan fingerprint density at radius 1 is 0.102 bits per heavy atom. The molecule has 608 valence electrons. The molecule has 0 aromatic heterocycles. The molecular weight excluding hydrogens is 1540 g/mol. The highest BCUT2D eigenvalue weighted by Crippen LogP contribution is 2.39. The molecule has 0 aliphatic rings. The number of anilines is 10. The average Bonchev–Trinajstić information content (AvgIpc) is 0.830. The zero-order valence-electron chi connectivity index (χ0n) is 70.5. The minimum absolute atomic E-state index is 1.07. The third-order valence-corrected chi connectivity index (χ3v) is 22.0. The minimum atomic E-state index is 1.07. The monoisotopic (exact) mass is 1630 g/mol. The summed E-state index contributed by atoms with van der Waals surface area (Å²) in [7, 11) is 0. The first-order chi connectivity index (χ1) is 62.9. The van der Waals surface area contributed by atoms with E-state index in [9.17, 15) is 0 Å². The van der Waals surface area contributed by atoms with Crippen LogP contribution in [0, 0.1) is 0 Å². The first-order valence-corrected chi connectivity index (χ1v) is 43.1. The second kappa shape index (κ2) is 42.1. The van der Waals surface area contributed by atoms with Crippen molar-refractivity contribution >= 4 is 78.4 Å². The van der Waals surface area contributed by atoms with Crippen molar-refractivity contribution in [2.24, 2.45) is 0 Å². The van der Waals surface area contributed by atoms with Crippen LogP contribution in [0.4, 0.5) is 56.9 Å². The van der Waals surface area contributed by atoms with E-state index < -0.39 is 0 Å². The lowest BCUT2D eigenvalue weighted by Gasteiger charge is -2.14. The standard InChI is InChI=1S/C30H23N.2C24H19N.2C22H17N/c1-4-10-23(11-5-1)26-16-18-29(19-17-26)31-30-21-27(24-12-6-2-7-13-24)20-28(22-30)25-14-8-3-9-15-25;1-4-10-19(11-5-1)21-16-22(20-12-6-2-7-13-20)18-24(17-21)25-23-14-8-3-9-15-23;1-4-10-19(11-5-1)23-17-16-22(25-21-14-8-3-9-15-21)18-24(23)20-12-6-2-7-13-20;1-2-9-19(10-3-1)23-20-15-13-18(14-16-20)22-12-6-8-17-7-4-5-11-21(17)22;1-2-7-17(8-3-1)18-13-15-20(16-14-18)23-22-12-6-10-19-9-4-5-11-21(19)22/h1-22,31H;2*1-18,25H;2*1-16,23H. The molecule has 127 heavy (non-hydrogen) atoms. The zero-order chi connectivity index (χ0) is 85.7. The summed E-state index contributed by atoms with van der Waals surface area (Å²) >= 11 is 0. The van der Waals surface area contributed by atoms with Gasteiger partial charge in [0.05, 0.1) is 0 Å². The van der Waals surface area contributed by atoms with Crippen molar-refractivity contribution in [3.63, 3.8) is 0 Å². The van der Waals surface area contributed by atoms with Crippen LogP contribution in [0.15, 0.2) is 546 Å². The van der Waals surface area contributed by atoms with Crippen LogP contribution in [0.5, 0.6) is 0 Å². The van der Waals surface area contributed by atoms with Crippen LogP contribution >= 0.6 is 0 Å². The fraction of sp³-hybridized carbons (Fsp3) is 0. The second-order valence-electron chi connectivity index (χ2n) is 30.8. The van der Waals surface area contributed by atoms with Crippen LogP contribution in [-0.2, 0) is 0 Å². The van der Waals surface area contributed by atoms with Gasteiger partial charge in [0.2, 0.25) is 0 Å². The molecule has 21 aromatic carbocycles. The molecular formula is C122H95N5.